The first-order chi connectivity index (χ1) is 7.68. The number of aliphatic carboxylic acids is 1. The van der Waals surface area contributed by atoms with Crippen molar-refractivity contribution in [3.63, 3.8) is 0 Å². The van der Waals surface area contributed by atoms with Crippen molar-refractivity contribution in [3.8, 4) is 0 Å². The third-order valence-corrected chi connectivity index (χ3v) is 3.54. The molecule has 16 heavy (non-hydrogen) atoms. The molecule has 0 radical (unpaired) electrons. The largest absolute Gasteiger partial charge is 0.480 e. The lowest BCUT2D eigenvalue weighted by Gasteiger charge is -2.30. The number of halogens is 1. The number of carbonyl (C=O) groups is 1. The van der Waals surface area contributed by atoms with Crippen LogP contribution in [0.1, 0.15) is 11.0 Å². The van der Waals surface area contributed by atoms with E-state index in [1.54, 1.807) is 0 Å². The predicted octanol–water partition coefficient (Wildman–Crippen LogP) is 1.25. The second-order valence-corrected chi connectivity index (χ2v) is 5.09. The van der Waals surface area contributed by atoms with E-state index in [1.165, 1.54) is 17.5 Å². The molecule has 1 fully saturated rings. The minimum atomic E-state index is -0.895. The molecule has 0 aliphatic carbocycles. The molecule has 1 N–H and O–H groups in total. The zero-order chi connectivity index (χ0) is 11.5. The van der Waals surface area contributed by atoms with E-state index < -0.39 is 12.0 Å². The Kier molecular flexibility index (Phi) is 3.75. The molecule has 1 atom stereocenters. The van der Waals surface area contributed by atoms with Crippen LogP contribution in [0.5, 0.6) is 0 Å². The first-order valence-corrected chi connectivity index (χ1v) is 6.04. The lowest BCUT2D eigenvalue weighted by atomic mass is 10.2. The second-order valence-electron chi connectivity index (χ2n) is 3.39. The molecule has 1 aliphatic heterocycles. The third kappa shape index (κ3) is 2.52. The van der Waals surface area contributed by atoms with Gasteiger partial charge in [-0.2, -0.15) is 0 Å². The van der Waals surface area contributed by atoms with Crippen LogP contribution in [0.4, 0.5) is 0 Å². The summed E-state index contributed by atoms with van der Waals surface area (Å²) in [6, 6.07) is -0.707. The molecule has 0 bridgehead atoms. The minimum absolute atomic E-state index is 0.509. The van der Waals surface area contributed by atoms with Crippen molar-refractivity contribution in [1.82, 2.24) is 9.88 Å². The van der Waals surface area contributed by atoms with E-state index in [4.69, 9.17) is 16.3 Å². The van der Waals surface area contributed by atoms with Crippen LogP contribution >= 0.6 is 22.9 Å². The Morgan fingerprint density at radius 2 is 2.31 bits per heavy atom. The number of morpholine rings is 1. The van der Waals surface area contributed by atoms with Gasteiger partial charge in [-0.25, -0.2) is 4.98 Å². The van der Waals surface area contributed by atoms with Crippen LogP contribution in [0.2, 0.25) is 4.34 Å². The minimum Gasteiger partial charge on any atom is -0.480 e. The number of thiazole rings is 1. The Bertz CT molecular complexity index is 379. The van der Waals surface area contributed by atoms with Gasteiger partial charge in [0.1, 0.15) is 9.34 Å². The Labute approximate surface area is 102 Å². The van der Waals surface area contributed by atoms with E-state index in [0.29, 0.717) is 35.6 Å². The molecule has 88 valence electrons. The monoisotopic (exact) mass is 262 g/mol. The Hall–Kier alpha value is -0.690. The first kappa shape index (κ1) is 11.8. The molecule has 1 aliphatic rings. The highest BCUT2D eigenvalue weighted by atomic mass is 35.5. The maximum Gasteiger partial charge on any atom is 0.328 e. The lowest BCUT2D eigenvalue weighted by molar-refractivity contribution is -0.145. The highest BCUT2D eigenvalue weighted by Crippen LogP contribution is 2.28. The zero-order valence-corrected chi connectivity index (χ0v) is 10.00. The molecule has 1 unspecified atom stereocenters. The van der Waals surface area contributed by atoms with Crippen molar-refractivity contribution in [3.05, 3.63) is 15.5 Å². The molecule has 1 aromatic heterocycles. The van der Waals surface area contributed by atoms with Gasteiger partial charge < -0.3 is 9.84 Å². The Morgan fingerprint density at radius 3 is 2.81 bits per heavy atom. The normalized spacial score (nSPS) is 19.6. The number of nitrogens with zero attached hydrogens (tertiary/aromatic N) is 2. The van der Waals surface area contributed by atoms with Gasteiger partial charge in [0.15, 0.2) is 6.04 Å². The maximum atomic E-state index is 11.2. The van der Waals surface area contributed by atoms with Gasteiger partial charge in [-0.1, -0.05) is 11.6 Å². The highest BCUT2D eigenvalue weighted by Gasteiger charge is 2.31. The van der Waals surface area contributed by atoms with Crippen LogP contribution < -0.4 is 0 Å². The van der Waals surface area contributed by atoms with E-state index in [2.05, 4.69) is 4.98 Å². The summed E-state index contributed by atoms with van der Waals surface area (Å²) >= 11 is 6.98. The zero-order valence-electron chi connectivity index (χ0n) is 8.43. The van der Waals surface area contributed by atoms with Gasteiger partial charge in [0.2, 0.25) is 0 Å². The number of hydrogen-bond donors (Lipinski definition) is 1. The average molecular weight is 263 g/mol. The van der Waals surface area contributed by atoms with Crippen LogP contribution in [-0.4, -0.2) is 47.3 Å². The van der Waals surface area contributed by atoms with Crippen LogP contribution in [0.25, 0.3) is 0 Å². The van der Waals surface area contributed by atoms with Crippen molar-refractivity contribution in [2.75, 3.05) is 26.3 Å². The molecular formula is C9H11ClN2O3S. The molecule has 2 rings (SSSR count). The van der Waals surface area contributed by atoms with Gasteiger partial charge in [0.05, 0.1) is 19.4 Å². The van der Waals surface area contributed by atoms with E-state index in [0.717, 1.165) is 0 Å². The molecule has 2 heterocycles. The number of carboxylic acid groups (broad SMARTS) is 1. The summed E-state index contributed by atoms with van der Waals surface area (Å²) < 4.78 is 5.70. The van der Waals surface area contributed by atoms with Gasteiger partial charge in [-0.3, -0.25) is 9.69 Å². The van der Waals surface area contributed by atoms with Crippen LogP contribution in [0.3, 0.4) is 0 Å². The first-order valence-electron chi connectivity index (χ1n) is 4.84. The van der Waals surface area contributed by atoms with Crippen LogP contribution in [-0.2, 0) is 9.53 Å². The van der Waals surface area contributed by atoms with E-state index in [1.807, 2.05) is 4.90 Å². The molecular weight excluding hydrogens is 252 g/mol. The summed E-state index contributed by atoms with van der Waals surface area (Å²) in [6.07, 6.45) is 1.48. The van der Waals surface area contributed by atoms with Gasteiger partial charge in [0, 0.05) is 13.1 Å². The standard InChI is InChI=1S/C9H11ClN2O3S/c10-6-5-11-8(16-6)7(9(13)14)12-1-3-15-4-2-12/h5,7H,1-4H2,(H,13,14). The fourth-order valence-corrected chi connectivity index (χ4v) is 2.71. The summed E-state index contributed by atoms with van der Waals surface area (Å²) in [6.45, 7) is 2.33. The molecule has 1 aromatic rings. The van der Waals surface area contributed by atoms with E-state index >= 15 is 0 Å². The summed E-state index contributed by atoms with van der Waals surface area (Å²) in [5, 5.41) is 9.76. The summed E-state index contributed by atoms with van der Waals surface area (Å²) in [5.41, 5.74) is 0. The predicted molar refractivity (Wildman–Crippen MR) is 59.9 cm³/mol. The second kappa shape index (κ2) is 5.09. The third-order valence-electron chi connectivity index (χ3n) is 2.37. The van der Waals surface area contributed by atoms with E-state index in [9.17, 15) is 9.90 Å². The van der Waals surface area contributed by atoms with Gasteiger partial charge in [-0.05, 0) is 0 Å². The summed E-state index contributed by atoms with van der Waals surface area (Å²) in [7, 11) is 0. The molecule has 0 saturated carbocycles. The van der Waals surface area contributed by atoms with Crippen molar-refractivity contribution in [1.29, 1.82) is 0 Å². The van der Waals surface area contributed by atoms with Crippen molar-refractivity contribution in [2.45, 2.75) is 6.04 Å². The Morgan fingerprint density at radius 1 is 1.62 bits per heavy atom. The number of carboxylic acids is 1. The maximum absolute atomic E-state index is 11.2. The quantitative estimate of drug-likeness (QED) is 0.888. The topological polar surface area (TPSA) is 62.7 Å². The lowest BCUT2D eigenvalue weighted by Crippen LogP contribution is -2.42. The van der Waals surface area contributed by atoms with Crippen LogP contribution in [0.15, 0.2) is 6.20 Å². The molecule has 5 nitrogen and oxygen atoms in total. The van der Waals surface area contributed by atoms with Crippen molar-refractivity contribution < 1.29 is 14.6 Å². The number of aromatic nitrogens is 1. The fraction of sp³-hybridized carbons (Fsp3) is 0.556. The highest BCUT2D eigenvalue weighted by molar-refractivity contribution is 7.16. The molecule has 0 spiro atoms. The van der Waals surface area contributed by atoms with Crippen molar-refractivity contribution in [2.24, 2.45) is 0 Å². The average Bonchev–Trinajstić information content (AvgIpc) is 2.66. The van der Waals surface area contributed by atoms with E-state index in [-0.39, 0.29) is 0 Å². The molecule has 0 aromatic carbocycles. The SMILES string of the molecule is O=C(O)C(c1ncc(Cl)s1)N1CCOCC1. The summed E-state index contributed by atoms with van der Waals surface area (Å²) in [4.78, 5) is 17.1. The molecule has 1 saturated heterocycles. The smallest absolute Gasteiger partial charge is 0.328 e. The Balaban J connectivity index is 2.19. The number of rotatable bonds is 3. The number of ether oxygens (including phenoxy) is 1. The molecule has 0 amide bonds. The summed E-state index contributed by atoms with van der Waals surface area (Å²) in [5.74, 6) is -0.895. The molecule has 7 heteroatoms. The van der Waals surface area contributed by atoms with Gasteiger partial charge in [0.25, 0.3) is 0 Å². The van der Waals surface area contributed by atoms with Gasteiger partial charge in [-0.15, -0.1) is 11.3 Å². The van der Waals surface area contributed by atoms with Gasteiger partial charge >= 0.3 is 5.97 Å². The van der Waals surface area contributed by atoms with Crippen LogP contribution in [0, 0.1) is 0 Å². The van der Waals surface area contributed by atoms with Crippen molar-refractivity contribution >= 4 is 28.9 Å². The fourth-order valence-electron chi connectivity index (χ4n) is 1.65. The number of hydrogen-bond acceptors (Lipinski definition) is 5.